The monoisotopic (exact) mass is 742 g/mol. The maximum atomic E-state index is 14.3. The molecule has 264 valence electrons. The molecule has 17 heteroatoms. The summed E-state index contributed by atoms with van der Waals surface area (Å²) in [6, 6.07) is 12.5. The number of nitrogens with one attached hydrogen (secondary N) is 2. The summed E-state index contributed by atoms with van der Waals surface area (Å²) in [4.78, 5) is 63.2. The lowest BCUT2D eigenvalue weighted by Crippen LogP contribution is -2.52. The van der Waals surface area contributed by atoms with E-state index in [1.54, 1.807) is 13.0 Å². The zero-order chi connectivity index (χ0) is 36.5. The highest BCUT2D eigenvalue weighted by Crippen LogP contribution is 2.47. The molecule has 2 saturated carbocycles. The first-order valence-electron chi connectivity index (χ1n) is 15.6. The van der Waals surface area contributed by atoms with E-state index < -0.39 is 52.4 Å². The van der Waals surface area contributed by atoms with Gasteiger partial charge in [-0.2, -0.15) is 0 Å². The quantitative estimate of drug-likeness (QED) is 0.182. The number of carbonyl (C=O) groups is 4. The second-order valence-corrected chi connectivity index (χ2v) is 13.9. The van der Waals surface area contributed by atoms with Gasteiger partial charge in [-0.3, -0.25) is 23.9 Å². The van der Waals surface area contributed by atoms with Crippen LogP contribution >= 0.6 is 23.2 Å². The Morgan fingerprint density at radius 1 is 0.941 bits per heavy atom. The smallest absolute Gasteiger partial charge is 0.478 e. The largest absolute Gasteiger partial charge is 0.573 e. The molecule has 2 aromatic carbocycles. The first kappa shape index (κ1) is 34.3. The summed E-state index contributed by atoms with van der Waals surface area (Å²) >= 11 is 12.5. The number of nitrogens with zero attached hydrogens (tertiary/aromatic N) is 4. The van der Waals surface area contributed by atoms with E-state index in [2.05, 4.69) is 25.3 Å². The Hall–Kier alpha value is -5.15. The van der Waals surface area contributed by atoms with Crippen molar-refractivity contribution in [2.24, 2.45) is 0 Å². The summed E-state index contributed by atoms with van der Waals surface area (Å²) in [5.41, 5.74) is -2.39. The minimum Gasteiger partial charge on any atom is -0.478 e. The van der Waals surface area contributed by atoms with Crippen LogP contribution in [-0.4, -0.2) is 55.2 Å². The van der Waals surface area contributed by atoms with E-state index in [0.29, 0.717) is 36.9 Å². The molecule has 0 saturated heterocycles. The van der Waals surface area contributed by atoms with Crippen LogP contribution in [0, 0.1) is 0 Å². The minimum absolute atomic E-state index is 0.00938. The number of alkyl halides is 3. The molecule has 0 radical (unpaired) electrons. The van der Waals surface area contributed by atoms with Crippen molar-refractivity contribution in [1.82, 2.24) is 25.2 Å². The maximum Gasteiger partial charge on any atom is 0.573 e. The van der Waals surface area contributed by atoms with Gasteiger partial charge in [0.05, 0.1) is 28.7 Å². The number of imidazole rings is 1. The van der Waals surface area contributed by atoms with Crippen LogP contribution in [0.5, 0.6) is 5.75 Å². The molecule has 4 aromatic rings. The standard InChI is InChI=1S/C34H27Cl2F3N6O6/c1-31(15-18-2-5-23(6-3-18)51-34(37,38)39)29(50)44(22-13-20(35)12-21(36)14-22)30-41-17-24(45(30)31)26(46)42-33(10-11-33)28(49)43-32(8-9-32)25-7-4-19(16-40-25)27(47)48/h2-7,12-14,16-17H,8-11,15H2,1H3,(H,42,46)(H,43,49)(H,47,48). The van der Waals surface area contributed by atoms with Gasteiger partial charge in [-0.05, 0) is 80.6 Å². The van der Waals surface area contributed by atoms with Gasteiger partial charge in [0.2, 0.25) is 11.9 Å². The third-order valence-electron chi connectivity index (χ3n) is 9.28. The number of hydrogen-bond acceptors (Lipinski definition) is 7. The van der Waals surface area contributed by atoms with E-state index in [0.717, 1.165) is 12.1 Å². The van der Waals surface area contributed by atoms with Crippen molar-refractivity contribution >= 4 is 58.5 Å². The van der Waals surface area contributed by atoms with E-state index >= 15 is 0 Å². The molecular formula is C34H27Cl2F3N6O6. The van der Waals surface area contributed by atoms with E-state index in [1.807, 2.05) is 0 Å². The number of ether oxygens (including phenoxy) is 1. The highest BCUT2D eigenvalue weighted by molar-refractivity contribution is 6.35. The van der Waals surface area contributed by atoms with Gasteiger partial charge in [-0.1, -0.05) is 35.3 Å². The Balaban J connectivity index is 1.18. The van der Waals surface area contributed by atoms with Crippen LogP contribution in [0.3, 0.4) is 0 Å². The lowest BCUT2D eigenvalue weighted by molar-refractivity contribution is -0.274. The number of pyridine rings is 1. The predicted molar refractivity (Wildman–Crippen MR) is 176 cm³/mol. The van der Waals surface area contributed by atoms with Crippen molar-refractivity contribution in [3.63, 3.8) is 0 Å². The molecule has 0 spiro atoms. The van der Waals surface area contributed by atoms with Gasteiger partial charge >= 0.3 is 12.3 Å². The van der Waals surface area contributed by atoms with Crippen molar-refractivity contribution in [2.75, 3.05) is 4.90 Å². The van der Waals surface area contributed by atoms with E-state index in [4.69, 9.17) is 23.2 Å². The van der Waals surface area contributed by atoms with Crippen LogP contribution in [-0.2, 0) is 27.1 Å². The number of carboxylic acids is 1. The fourth-order valence-electron chi connectivity index (χ4n) is 6.36. The number of anilines is 2. The summed E-state index contributed by atoms with van der Waals surface area (Å²) < 4.78 is 43.8. The summed E-state index contributed by atoms with van der Waals surface area (Å²) in [5.74, 6) is -3.15. The fraction of sp³-hybridized carbons (Fsp3) is 0.294. The number of fused-ring (bicyclic) bond motifs is 1. The van der Waals surface area contributed by atoms with Gasteiger partial charge < -0.3 is 20.5 Å². The second-order valence-electron chi connectivity index (χ2n) is 13.0. The third-order valence-corrected chi connectivity index (χ3v) is 9.72. The Bertz CT molecular complexity index is 2080. The van der Waals surface area contributed by atoms with Crippen LogP contribution in [0.4, 0.5) is 24.8 Å². The maximum absolute atomic E-state index is 14.3. The molecule has 1 aliphatic heterocycles. The van der Waals surface area contributed by atoms with Crippen molar-refractivity contribution in [3.8, 4) is 5.75 Å². The van der Waals surface area contributed by atoms with Gasteiger partial charge in [-0.15, -0.1) is 13.2 Å². The Labute approximate surface area is 297 Å². The van der Waals surface area contributed by atoms with Gasteiger partial charge in [0.1, 0.15) is 22.5 Å². The van der Waals surface area contributed by atoms with Crippen molar-refractivity contribution in [2.45, 2.75) is 62.0 Å². The minimum atomic E-state index is -4.89. The van der Waals surface area contributed by atoms with Crippen LogP contribution in [0.1, 0.15) is 64.7 Å². The molecule has 2 aromatic heterocycles. The summed E-state index contributed by atoms with van der Waals surface area (Å²) in [7, 11) is 0. The van der Waals surface area contributed by atoms with E-state index in [9.17, 15) is 37.5 Å². The number of benzene rings is 2. The molecule has 51 heavy (non-hydrogen) atoms. The highest BCUT2D eigenvalue weighted by atomic mass is 35.5. The van der Waals surface area contributed by atoms with Gasteiger partial charge in [0, 0.05) is 22.7 Å². The Morgan fingerprint density at radius 3 is 2.16 bits per heavy atom. The first-order chi connectivity index (χ1) is 24.0. The number of rotatable bonds is 10. The van der Waals surface area contributed by atoms with Crippen molar-refractivity contribution in [3.05, 3.63) is 99.6 Å². The van der Waals surface area contributed by atoms with Crippen molar-refractivity contribution < 1.29 is 42.2 Å². The number of halogens is 5. The zero-order valence-electron chi connectivity index (χ0n) is 26.6. The lowest BCUT2D eigenvalue weighted by atomic mass is 9.91. The summed E-state index contributed by atoms with van der Waals surface area (Å²) in [6.07, 6.45) is -0.640. The number of aromatic carboxylic acids is 1. The number of carbonyl (C=O) groups excluding carboxylic acids is 3. The Kier molecular flexibility index (Phi) is 8.06. The molecule has 7 rings (SSSR count). The molecule has 12 nitrogen and oxygen atoms in total. The number of hydrogen-bond donors (Lipinski definition) is 3. The molecule has 1 unspecified atom stereocenters. The number of aromatic nitrogens is 3. The average molecular weight is 744 g/mol. The molecule has 2 fully saturated rings. The second kappa shape index (κ2) is 12.0. The molecular weight excluding hydrogens is 716 g/mol. The summed E-state index contributed by atoms with van der Waals surface area (Å²) in [5, 5.41) is 15.5. The van der Waals surface area contributed by atoms with Gasteiger partial charge in [0.25, 0.3) is 11.8 Å². The first-order valence-corrected chi connectivity index (χ1v) is 16.4. The fourth-order valence-corrected chi connectivity index (χ4v) is 6.88. The van der Waals surface area contributed by atoms with Crippen molar-refractivity contribution in [1.29, 1.82) is 0 Å². The normalized spacial score (nSPS) is 19.6. The molecule has 0 bridgehead atoms. The molecule has 3 heterocycles. The van der Waals surface area contributed by atoms with Crippen LogP contribution < -0.4 is 20.3 Å². The average Bonchev–Trinajstić information content (AvgIpc) is 3.96. The van der Waals surface area contributed by atoms with E-state index in [1.165, 1.54) is 58.3 Å². The van der Waals surface area contributed by atoms with Crippen LogP contribution in [0.2, 0.25) is 10.0 Å². The molecule has 3 aliphatic rings. The van der Waals surface area contributed by atoms with Gasteiger partial charge in [-0.25, -0.2) is 14.7 Å². The third kappa shape index (κ3) is 6.35. The zero-order valence-corrected chi connectivity index (χ0v) is 28.1. The van der Waals surface area contributed by atoms with Gasteiger partial charge in [0.15, 0.2) is 0 Å². The highest BCUT2D eigenvalue weighted by Gasteiger charge is 2.57. The topological polar surface area (TPSA) is 156 Å². The molecule has 2 aliphatic carbocycles. The molecule has 1 atom stereocenters. The summed E-state index contributed by atoms with van der Waals surface area (Å²) in [6.45, 7) is 1.57. The molecule has 3 N–H and O–H groups in total. The number of carboxylic acid groups (broad SMARTS) is 1. The number of amides is 3. The SMILES string of the molecule is CC1(Cc2ccc(OC(F)(F)F)cc2)C(=O)N(c2cc(Cl)cc(Cl)c2)c2ncc(C(=O)NC3(C(=O)NC4(c5ccc(C(=O)O)cn5)CC4)CC3)n21. The van der Waals surface area contributed by atoms with Crippen LogP contribution in [0.15, 0.2) is 67.0 Å². The van der Waals surface area contributed by atoms with E-state index in [-0.39, 0.29) is 39.4 Å². The molecule has 3 amide bonds. The Morgan fingerprint density at radius 2 is 1.61 bits per heavy atom. The predicted octanol–water partition coefficient (Wildman–Crippen LogP) is 5.89. The van der Waals surface area contributed by atoms with Crippen LogP contribution in [0.25, 0.3) is 0 Å². The lowest BCUT2D eigenvalue weighted by Gasteiger charge is -2.27.